The average molecular weight is 340 g/mol. The third kappa shape index (κ3) is 2.61. The number of hydrogen-bond donors (Lipinski definition) is 2. The number of rotatable bonds is 3. The van der Waals surface area contributed by atoms with E-state index in [4.69, 9.17) is 0 Å². The van der Waals surface area contributed by atoms with Gasteiger partial charge >= 0.3 is 0 Å². The van der Waals surface area contributed by atoms with Gasteiger partial charge in [0.1, 0.15) is 12.0 Å². The molecule has 0 atom stereocenters. The SMILES string of the molecule is O=C(NNc1nc2cc(F)c(F)cc2n2cccc12)c1ccncn1. The van der Waals surface area contributed by atoms with Crippen LogP contribution >= 0.6 is 0 Å². The Hall–Kier alpha value is -3.62. The lowest BCUT2D eigenvalue weighted by atomic mass is 10.2. The number of anilines is 1. The largest absolute Gasteiger partial charge is 0.312 e. The molecule has 124 valence electrons. The van der Waals surface area contributed by atoms with Gasteiger partial charge in [0.2, 0.25) is 0 Å². The fourth-order valence-electron chi connectivity index (χ4n) is 2.47. The topological polar surface area (TPSA) is 84.2 Å². The summed E-state index contributed by atoms with van der Waals surface area (Å²) in [5.74, 6) is -2.16. The Morgan fingerprint density at radius 3 is 2.76 bits per heavy atom. The van der Waals surface area contributed by atoms with Crippen molar-refractivity contribution in [3.8, 4) is 0 Å². The summed E-state index contributed by atoms with van der Waals surface area (Å²) in [7, 11) is 0. The number of nitrogens with zero attached hydrogens (tertiary/aromatic N) is 4. The first kappa shape index (κ1) is 14.9. The normalized spacial score (nSPS) is 11.0. The van der Waals surface area contributed by atoms with Crippen molar-refractivity contribution in [3.05, 3.63) is 66.4 Å². The maximum Gasteiger partial charge on any atom is 0.288 e. The van der Waals surface area contributed by atoms with Gasteiger partial charge in [-0.3, -0.25) is 15.6 Å². The van der Waals surface area contributed by atoms with Crippen molar-refractivity contribution in [2.24, 2.45) is 0 Å². The van der Waals surface area contributed by atoms with Crippen LogP contribution in [0.4, 0.5) is 14.6 Å². The minimum absolute atomic E-state index is 0.169. The number of hydrazine groups is 1. The first-order chi connectivity index (χ1) is 12.1. The zero-order chi connectivity index (χ0) is 17.4. The lowest BCUT2D eigenvalue weighted by molar-refractivity contribution is 0.0957. The van der Waals surface area contributed by atoms with E-state index in [1.54, 1.807) is 22.7 Å². The molecule has 4 aromatic rings. The molecular formula is C16H10F2N6O. The number of carbonyl (C=O) groups is 1. The van der Waals surface area contributed by atoms with Gasteiger partial charge in [0.25, 0.3) is 5.91 Å². The monoisotopic (exact) mass is 340 g/mol. The fourth-order valence-corrected chi connectivity index (χ4v) is 2.47. The van der Waals surface area contributed by atoms with Gasteiger partial charge in [-0.05, 0) is 18.2 Å². The van der Waals surface area contributed by atoms with Crippen molar-refractivity contribution in [2.45, 2.75) is 0 Å². The van der Waals surface area contributed by atoms with Gasteiger partial charge in [-0.15, -0.1) is 0 Å². The summed E-state index contributed by atoms with van der Waals surface area (Å²) in [6.45, 7) is 0. The molecule has 0 fully saturated rings. The molecule has 1 amide bonds. The van der Waals surface area contributed by atoms with Crippen LogP contribution in [0.25, 0.3) is 16.6 Å². The first-order valence-electron chi connectivity index (χ1n) is 7.21. The van der Waals surface area contributed by atoms with Crippen LogP contribution in [0.2, 0.25) is 0 Å². The molecule has 0 unspecified atom stereocenters. The molecular weight excluding hydrogens is 330 g/mol. The predicted molar refractivity (Wildman–Crippen MR) is 85.7 cm³/mol. The smallest absolute Gasteiger partial charge is 0.288 e. The van der Waals surface area contributed by atoms with E-state index < -0.39 is 17.5 Å². The molecule has 4 rings (SSSR count). The third-order valence-electron chi connectivity index (χ3n) is 3.61. The van der Waals surface area contributed by atoms with Crippen LogP contribution in [0.1, 0.15) is 10.5 Å². The van der Waals surface area contributed by atoms with E-state index in [-0.39, 0.29) is 17.0 Å². The highest BCUT2D eigenvalue weighted by molar-refractivity contribution is 5.93. The molecule has 0 aliphatic carbocycles. The van der Waals surface area contributed by atoms with Crippen LogP contribution < -0.4 is 10.9 Å². The molecule has 7 nitrogen and oxygen atoms in total. The Bertz CT molecular complexity index is 1100. The zero-order valence-electron chi connectivity index (χ0n) is 12.6. The second kappa shape index (κ2) is 5.78. The molecule has 0 bridgehead atoms. The molecule has 3 heterocycles. The zero-order valence-corrected chi connectivity index (χ0v) is 12.6. The molecule has 0 radical (unpaired) electrons. The highest BCUT2D eigenvalue weighted by Crippen LogP contribution is 2.24. The Morgan fingerprint density at radius 2 is 1.96 bits per heavy atom. The third-order valence-corrected chi connectivity index (χ3v) is 3.61. The van der Waals surface area contributed by atoms with Crippen molar-refractivity contribution >= 4 is 28.3 Å². The number of nitrogens with one attached hydrogen (secondary N) is 2. The van der Waals surface area contributed by atoms with E-state index in [0.29, 0.717) is 11.0 Å². The molecule has 9 heteroatoms. The highest BCUT2D eigenvalue weighted by Gasteiger charge is 2.13. The Kier molecular flexibility index (Phi) is 3.46. The summed E-state index contributed by atoms with van der Waals surface area (Å²) in [5.41, 5.74) is 6.56. The van der Waals surface area contributed by atoms with Gasteiger partial charge in [-0.1, -0.05) is 0 Å². The number of halogens is 2. The molecule has 0 spiro atoms. The standard InChI is InChI=1S/C16H10F2N6O/c17-9-6-12-14(7-10(9)18)24-5-1-2-13(24)15(21-12)22-23-16(25)11-3-4-19-8-20-11/h1-8H,(H,21,22)(H,23,25). The van der Waals surface area contributed by atoms with Crippen molar-refractivity contribution in [3.63, 3.8) is 0 Å². The summed E-state index contributed by atoms with van der Waals surface area (Å²) in [6.07, 6.45) is 4.39. The van der Waals surface area contributed by atoms with Crippen LogP contribution in [-0.2, 0) is 0 Å². The molecule has 0 aliphatic rings. The molecule has 1 aromatic carbocycles. The van der Waals surface area contributed by atoms with Crippen molar-refractivity contribution < 1.29 is 13.6 Å². The molecule has 3 aromatic heterocycles. The maximum absolute atomic E-state index is 13.5. The van der Waals surface area contributed by atoms with Crippen LogP contribution in [0.5, 0.6) is 0 Å². The van der Waals surface area contributed by atoms with E-state index in [1.807, 2.05) is 0 Å². The molecule has 2 N–H and O–H groups in total. The van der Waals surface area contributed by atoms with Gasteiger partial charge in [-0.25, -0.2) is 23.7 Å². The van der Waals surface area contributed by atoms with Crippen LogP contribution in [0.3, 0.4) is 0 Å². The van der Waals surface area contributed by atoms with Crippen LogP contribution in [-0.4, -0.2) is 25.3 Å². The van der Waals surface area contributed by atoms with E-state index in [2.05, 4.69) is 25.8 Å². The van der Waals surface area contributed by atoms with Crippen LogP contribution in [0, 0.1) is 11.6 Å². The lowest BCUT2D eigenvalue weighted by Crippen LogP contribution is -2.30. The second-order valence-electron chi connectivity index (χ2n) is 5.15. The fraction of sp³-hybridized carbons (Fsp3) is 0. The number of aromatic nitrogens is 4. The summed E-state index contributed by atoms with van der Waals surface area (Å²) in [5, 5.41) is 0. The van der Waals surface area contributed by atoms with E-state index in [0.717, 1.165) is 12.1 Å². The minimum Gasteiger partial charge on any atom is -0.312 e. The van der Waals surface area contributed by atoms with Gasteiger partial charge in [0, 0.05) is 24.5 Å². The summed E-state index contributed by atoms with van der Waals surface area (Å²) < 4.78 is 28.7. The number of carbonyl (C=O) groups excluding carboxylic acids is 1. The quantitative estimate of drug-likeness (QED) is 0.559. The van der Waals surface area contributed by atoms with E-state index in [1.165, 1.54) is 18.6 Å². The Morgan fingerprint density at radius 1 is 1.12 bits per heavy atom. The van der Waals surface area contributed by atoms with E-state index in [9.17, 15) is 13.6 Å². The Balaban J connectivity index is 1.72. The number of hydrogen-bond acceptors (Lipinski definition) is 5. The summed E-state index contributed by atoms with van der Waals surface area (Å²) in [6, 6.07) is 6.99. The summed E-state index contributed by atoms with van der Waals surface area (Å²) >= 11 is 0. The highest BCUT2D eigenvalue weighted by atomic mass is 19.2. The first-order valence-corrected chi connectivity index (χ1v) is 7.21. The predicted octanol–water partition coefficient (Wildman–Crippen LogP) is 2.31. The summed E-state index contributed by atoms with van der Waals surface area (Å²) in [4.78, 5) is 23.9. The minimum atomic E-state index is -0.998. The van der Waals surface area contributed by atoms with Crippen molar-refractivity contribution in [2.75, 3.05) is 5.43 Å². The molecule has 0 aliphatic heterocycles. The number of benzene rings is 1. The number of fused-ring (bicyclic) bond motifs is 3. The van der Waals surface area contributed by atoms with Gasteiger partial charge in [-0.2, -0.15) is 0 Å². The molecule has 0 saturated carbocycles. The molecule has 25 heavy (non-hydrogen) atoms. The maximum atomic E-state index is 13.5. The van der Waals surface area contributed by atoms with Crippen LogP contribution in [0.15, 0.2) is 49.1 Å². The number of amides is 1. The average Bonchev–Trinajstić information content (AvgIpc) is 3.12. The Labute approximate surface area is 139 Å². The van der Waals surface area contributed by atoms with Gasteiger partial charge in [0.15, 0.2) is 17.5 Å². The van der Waals surface area contributed by atoms with Gasteiger partial charge < -0.3 is 4.40 Å². The molecule has 0 saturated heterocycles. The van der Waals surface area contributed by atoms with Gasteiger partial charge in [0.05, 0.1) is 16.6 Å². The second-order valence-corrected chi connectivity index (χ2v) is 5.15. The van der Waals surface area contributed by atoms with Crippen molar-refractivity contribution in [1.82, 2.24) is 24.8 Å². The van der Waals surface area contributed by atoms with E-state index >= 15 is 0 Å². The lowest BCUT2D eigenvalue weighted by Gasteiger charge is -2.11. The van der Waals surface area contributed by atoms with Crippen molar-refractivity contribution in [1.29, 1.82) is 0 Å².